The van der Waals surface area contributed by atoms with Crippen molar-refractivity contribution < 1.29 is 4.39 Å². The zero-order chi connectivity index (χ0) is 33.0. The van der Waals surface area contributed by atoms with Crippen molar-refractivity contribution in [1.82, 2.24) is 19.4 Å². The van der Waals surface area contributed by atoms with Gasteiger partial charge < -0.3 is 14.4 Å². The fourth-order valence-electron chi connectivity index (χ4n) is 6.69. The molecule has 4 heterocycles. The molecule has 2 fully saturated rings. The number of pyridine rings is 3. The summed E-state index contributed by atoms with van der Waals surface area (Å²) in [6, 6.07) is 12.7. The third kappa shape index (κ3) is 7.27. The highest BCUT2D eigenvalue weighted by atomic mass is 19.1. The minimum absolute atomic E-state index is 0.00852. The van der Waals surface area contributed by atoms with Gasteiger partial charge in [-0.25, -0.2) is 9.37 Å². The molecular weight excluding hydrogens is 575 g/mol. The second-order valence-corrected chi connectivity index (χ2v) is 12.9. The Kier molecular flexibility index (Phi) is 10.8. The van der Waals surface area contributed by atoms with Gasteiger partial charge in [-0.1, -0.05) is 20.8 Å². The first-order valence-electron chi connectivity index (χ1n) is 17.2. The van der Waals surface area contributed by atoms with Crippen molar-refractivity contribution in [3.63, 3.8) is 0 Å². The second kappa shape index (κ2) is 14.8. The molecule has 7 nitrogen and oxygen atoms in total. The van der Waals surface area contributed by atoms with Gasteiger partial charge in [-0.3, -0.25) is 14.7 Å². The molecule has 1 saturated carbocycles. The largest absolute Gasteiger partial charge is 0.369 e. The molecule has 1 aliphatic heterocycles. The summed E-state index contributed by atoms with van der Waals surface area (Å²) < 4.78 is 16.8. The minimum Gasteiger partial charge on any atom is -0.369 e. The van der Waals surface area contributed by atoms with E-state index in [1.54, 1.807) is 13.0 Å². The lowest BCUT2D eigenvalue weighted by Gasteiger charge is -2.40. The summed E-state index contributed by atoms with van der Waals surface area (Å²) in [6.45, 7) is 15.1. The first-order valence-corrected chi connectivity index (χ1v) is 17.2. The Balaban J connectivity index is 0.00000204. The number of aryl methyl sites for hydroxylation is 2. The summed E-state index contributed by atoms with van der Waals surface area (Å²) in [7, 11) is 2.13. The van der Waals surface area contributed by atoms with Crippen molar-refractivity contribution in [1.29, 1.82) is 0 Å². The van der Waals surface area contributed by atoms with E-state index in [1.165, 1.54) is 24.5 Å². The van der Waals surface area contributed by atoms with Gasteiger partial charge in [0.15, 0.2) is 5.43 Å². The highest BCUT2D eigenvalue weighted by Crippen LogP contribution is 2.31. The number of rotatable bonds is 10. The molecule has 1 aliphatic carbocycles. The fraction of sp³-hybridized carbons (Fsp3) is 0.500. The predicted octanol–water partition coefficient (Wildman–Crippen LogP) is 7.81. The maximum Gasteiger partial charge on any atom is 0.193 e. The van der Waals surface area contributed by atoms with Crippen LogP contribution in [0.25, 0.3) is 10.9 Å². The monoisotopic (exact) mass is 626 g/mol. The molecule has 0 N–H and O–H groups in total. The molecule has 6 rings (SSSR count). The molecule has 46 heavy (non-hydrogen) atoms. The van der Waals surface area contributed by atoms with Crippen LogP contribution in [-0.2, 0) is 13.1 Å². The van der Waals surface area contributed by atoms with Crippen LogP contribution in [-0.4, -0.2) is 51.7 Å². The maximum atomic E-state index is 14.7. The van der Waals surface area contributed by atoms with Gasteiger partial charge in [0.1, 0.15) is 11.6 Å². The first-order chi connectivity index (χ1) is 22.2. The molecule has 0 spiro atoms. The van der Waals surface area contributed by atoms with Crippen molar-refractivity contribution >= 4 is 22.4 Å². The molecule has 3 aromatic heterocycles. The highest BCUT2D eigenvalue weighted by Gasteiger charge is 2.29. The lowest BCUT2D eigenvalue weighted by Crippen LogP contribution is -2.48. The summed E-state index contributed by atoms with van der Waals surface area (Å²) in [5, 5.41) is 0.592. The molecule has 246 valence electrons. The van der Waals surface area contributed by atoms with Crippen LogP contribution >= 0.6 is 0 Å². The fourth-order valence-corrected chi connectivity index (χ4v) is 6.69. The zero-order valence-corrected chi connectivity index (χ0v) is 28.8. The third-order valence-electron chi connectivity index (χ3n) is 9.71. The molecule has 2 unspecified atom stereocenters. The summed E-state index contributed by atoms with van der Waals surface area (Å²) >= 11 is 0. The molecule has 0 amide bonds. The van der Waals surface area contributed by atoms with Crippen molar-refractivity contribution in [2.24, 2.45) is 0 Å². The summed E-state index contributed by atoms with van der Waals surface area (Å²) in [4.78, 5) is 30.4. The van der Waals surface area contributed by atoms with E-state index in [9.17, 15) is 9.18 Å². The topological polar surface area (TPSA) is 57.5 Å². The normalized spacial score (nSPS) is 17.2. The van der Waals surface area contributed by atoms with Crippen LogP contribution in [0.5, 0.6) is 0 Å². The van der Waals surface area contributed by atoms with Gasteiger partial charge in [-0.15, -0.1) is 0 Å². The van der Waals surface area contributed by atoms with Gasteiger partial charge in [0, 0.05) is 86.0 Å². The number of anilines is 2. The predicted molar refractivity (Wildman–Crippen MR) is 188 cm³/mol. The van der Waals surface area contributed by atoms with Gasteiger partial charge in [0.25, 0.3) is 0 Å². The molecule has 8 heteroatoms. The number of nitrogens with zero attached hydrogens (tertiary/aromatic N) is 6. The Morgan fingerprint density at radius 3 is 2.48 bits per heavy atom. The van der Waals surface area contributed by atoms with E-state index in [0.29, 0.717) is 35.6 Å². The number of aromatic nitrogens is 3. The SMILES string of the molecule is CC.CCC(C)n1cc(CN(Cc2ccnc(C)c2)C2CCCN(c3ccc(N(C)C4CC4)nc3)C2)c(=O)c2ccc(F)c(C)c21. The van der Waals surface area contributed by atoms with Crippen molar-refractivity contribution in [3.8, 4) is 0 Å². The highest BCUT2D eigenvalue weighted by molar-refractivity contribution is 5.83. The number of hydrogen-bond donors (Lipinski definition) is 0. The Morgan fingerprint density at radius 2 is 1.80 bits per heavy atom. The molecule has 4 aromatic rings. The first kappa shape index (κ1) is 33.6. The zero-order valence-electron chi connectivity index (χ0n) is 28.8. The standard InChI is InChI=1S/C36H45FN6O.C2H6/c1-6-25(3)43-22-28(36(44)32-12-13-33(37)26(4)35(32)43)21-42(20-27-15-16-38-24(2)18-27)31-8-7-17-41(23-31)30-11-14-34(39-19-30)40(5)29-9-10-29;1-2/h11-16,18-19,22,25,29,31H,6-10,17,20-21,23H2,1-5H3;1-2H3. The number of fused-ring (bicyclic) bond motifs is 1. The van der Waals surface area contributed by atoms with Crippen LogP contribution in [0.3, 0.4) is 0 Å². The van der Waals surface area contributed by atoms with E-state index in [0.717, 1.165) is 55.1 Å². The van der Waals surface area contributed by atoms with Gasteiger partial charge in [-0.05, 0) is 94.8 Å². The van der Waals surface area contributed by atoms with Gasteiger partial charge in [0.05, 0.1) is 17.4 Å². The number of piperidine rings is 1. The van der Waals surface area contributed by atoms with E-state index in [4.69, 9.17) is 4.98 Å². The minimum atomic E-state index is -0.277. The second-order valence-electron chi connectivity index (χ2n) is 12.9. The van der Waals surface area contributed by atoms with Crippen LogP contribution < -0.4 is 15.2 Å². The van der Waals surface area contributed by atoms with Gasteiger partial charge >= 0.3 is 0 Å². The lowest BCUT2D eigenvalue weighted by atomic mass is 10.0. The summed E-state index contributed by atoms with van der Waals surface area (Å²) in [6.07, 6.45) is 11.4. The Labute approximate surface area is 274 Å². The Hall–Kier alpha value is -3.78. The summed E-state index contributed by atoms with van der Waals surface area (Å²) in [5.41, 5.74) is 5.29. The molecule has 2 aliphatic rings. The smallest absolute Gasteiger partial charge is 0.193 e. The molecular formula is C38H51FN6O. The molecule has 1 aromatic carbocycles. The van der Waals surface area contributed by atoms with Crippen LogP contribution in [0.2, 0.25) is 0 Å². The molecule has 2 atom stereocenters. The van der Waals surface area contributed by atoms with E-state index < -0.39 is 0 Å². The van der Waals surface area contributed by atoms with Gasteiger partial charge in [0.2, 0.25) is 0 Å². The van der Waals surface area contributed by atoms with Gasteiger partial charge in [-0.2, -0.15) is 0 Å². The number of benzene rings is 1. The third-order valence-corrected chi connectivity index (χ3v) is 9.71. The van der Waals surface area contributed by atoms with E-state index in [2.05, 4.69) is 69.4 Å². The average molecular weight is 627 g/mol. The summed E-state index contributed by atoms with van der Waals surface area (Å²) in [5.74, 6) is 0.754. The lowest BCUT2D eigenvalue weighted by molar-refractivity contribution is 0.158. The molecule has 0 radical (unpaired) electrons. The van der Waals surface area contributed by atoms with Crippen molar-refractivity contribution in [3.05, 3.63) is 93.4 Å². The van der Waals surface area contributed by atoms with E-state index in [1.807, 2.05) is 39.4 Å². The van der Waals surface area contributed by atoms with E-state index >= 15 is 0 Å². The number of hydrogen-bond acceptors (Lipinski definition) is 6. The number of halogens is 1. The van der Waals surface area contributed by atoms with Crippen LogP contribution in [0.1, 0.15) is 88.2 Å². The average Bonchev–Trinajstić information content (AvgIpc) is 3.93. The quantitative estimate of drug-likeness (QED) is 0.179. The van der Waals surface area contributed by atoms with Crippen LogP contribution in [0.4, 0.5) is 15.9 Å². The van der Waals surface area contributed by atoms with Crippen molar-refractivity contribution in [2.45, 2.75) is 105 Å². The Morgan fingerprint density at radius 1 is 1.02 bits per heavy atom. The Bertz CT molecular complexity index is 1680. The molecule has 1 saturated heterocycles. The maximum absolute atomic E-state index is 14.7. The van der Waals surface area contributed by atoms with Crippen LogP contribution in [0, 0.1) is 19.7 Å². The van der Waals surface area contributed by atoms with Crippen LogP contribution in [0.15, 0.2) is 59.8 Å². The van der Waals surface area contributed by atoms with E-state index in [-0.39, 0.29) is 23.3 Å². The van der Waals surface area contributed by atoms with Crippen molar-refractivity contribution in [2.75, 3.05) is 29.9 Å². The molecule has 0 bridgehead atoms.